The minimum absolute atomic E-state index is 0.236. The summed E-state index contributed by atoms with van der Waals surface area (Å²) in [5, 5.41) is 4.41. The van der Waals surface area contributed by atoms with Crippen LogP contribution in [0.2, 0.25) is 0 Å². The molecule has 132 valence electrons. The molecule has 0 radical (unpaired) electrons. The van der Waals surface area contributed by atoms with Gasteiger partial charge in [-0.15, -0.1) is 0 Å². The molecule has 0 atom stereocenters. The van der Waals surface area contributed by atoms with Crippen molar-refractivity contribution in [3.8, 4) is 5.75 Å². The molecule has 0 aliphatic rings. The molecule has 0 unspecified atom stereocenters. The van der Waals surface area contributed by atoms with Gasteiger partial charge in [0.05, 0.1) is 21.7 Å². The maximum absolute atomic E-state index is 12.3. The molecule has 2 rings (SSSR count). The van der Waals surface area contributed by atoms with Gasteiger partial charge in [0, 0.05) is 18.8 Å². The number of nitrogens with zero attached hydrogens (tertiary/aromatic N) is 2. The third-order valence-electron chi connectivity index (χ3n) is 3.58. The summed E-state index contributed by atoms with van der Waals surface area (Å²) in [4.78, 5) is 0.236. The van der Waals surface area contributed by atoms with E-state index < -0.39 is 10.0 Å². The number of nitrogens with one attached hydrogen (secondary N) is 1. The van der Waals surface area contributed by atoms with Gasteiger partial charge in [-0.05, 0) is 67.4 Å². The Bertz CT molecular complexity index is 786. The van der Waals surface area contributed by atoms with Gasteiger partial charge in [-0.1, -0.05) is 0 Å². The molecule has 1 aromatic heterocycles. The summed E-state index contributed by atoms with van der Waals surface area (Å²) in [5.41, 5.74) is 1.98. The molecule has 1 aromatic carbocycles. The number of benzene rings is 1. The van der Waals surface area contributed by atoms with E-state index >= 15 is 0 Å². The molecule has 6 nitrogen and oxygen atoms in total. The van der Waals surface area contributed by atoms with Crippen LogP contribution in [0.1, 0.15) is 24.7 Å². The SMILES string of the molecule is CCOc1ccc(S(=O)(=O)NCCCn2nc(C)c(Br)c2C)cc1. The highest BCUT2D eigenvalue weighted by atomic mass is 79.9. The van der Waals surface area contributed by atoms with Crippen LogP contribution < -0.4 is 9.46 Å². The Labute approximate surface area is 151 Å². The van der Waals surface area contributed by atoms with Crippen LogP contribution in [0, 0.1) is 13.8 Å². The normalized spacial score (nSPS) is 11.7. The highest BCUT2D eigenvalue weighted by Crippen LogP contribution is 2.20. The Morgan fingerprint density at radius 2 is 1.92 bits per heavy atom. The first-order valence-corrected chi connectivity index (χ1v) is 10.0. The summed E-state index contributed by atoms with van der Waals surface area (Å²) in [7, 11) is -3.50. The van der Waals surface area contributed by atoms with Crippen molar-refractivity contribution in [3.63, 3.8) is 0 Å². The lowest BCUT2D eigenvalue weighted by atomic mass is 10.3. The first-order valence-electron chi connectivity index (χ1n) is 7.77. The molecule has 0 bridgehead atoms. The monoisotopic (exact) mass is 415 g/mol. The quantitative estimate of drug-likeness (QED) is 0.672. The molecule has 2 aromatic rings. The molecule has 24 heavy (non-hydrogen) atoms. The predicted molar refractivity (Wildman–Crippen MR) is 96.8 cm³/mol. The lowest BCUT2D eigenvalue weighted by Gasteiger charge is -2.09. The van der Waals surface area contributed by atoms with Crippen molar-refractivity contribution in [2.45, 2.75) is 38.6 Å². The lowest BCUT2D eigenvalue weighted by molar-refractivity contribution is 0.340. The average molecular weight is 416 g/mol. The van der Waals surface area contributed by atoms with Gasteiger partial charge < -0.3 is 4.74 Å². The summed E-state index contributed by atoms with van der Waals surface area (Å²) < 4.78 is 35.3. The van der Waals surface area contributed by atoms with Gasteiger partial charge in [0.15, 0.2) is 0 Å². The van der Waals surface area contributed by atoms with Crippen molar-refractivity contribution in [2.24, 2.45) is 0 Å². The third kappa shape index (κ3) is 4.58. The number of sulfonamides is 1. The fourth-order valence-corrected chi connectivity index (χ4v) is 3.65. The molecule has 0 saturated carbocycles. The van der Waals surface area contributed by atoms with Crippen molar-refractivity contribution in [3.05, 3.63) is 40.1 Å². The van der Waals surface area contributed by atoms with Gasteiger partial charge in [0.25, 0.3) is 0 Å². The van der Waals surface area contributed by atoms with E-state index in [1.165, 1.54) is 0 Å². The molecule has 0 saturated heterocycles. The van der Waals surface area contributed by atoms with Gasteiger partial charge in [-0.2, -0.15) is 5.10 Å². The van der Waals surface area contributed by atoms with Crippen LogP contribution >= 0.6 is 15.9 Å². The van der Waals surface area contributed by atoms with Crippen LogP contribution in [0.5, 0.6) is 5.75 Å². The molecule has 0 amide bonds. The lowest BCUT2D eigenvalue weighted by Crippen LogP contribution is -2.25. The first-order chi connectivity index (χ1) is 11.3. The summed E-state index contributed by atoms with van der Waals surface area (Å²) in [5.74, 6) is 0.659. The van der Waals surface area contributed by atoms with E-state index in [9.17, 15) is 8.42 Å². The van der Waals surface area contributed by atoms with Crippen LogP contribution in [0.15, 0.2) is 33.6 Å². The van der Waals surface area contributed by atoms with E-state index in [1.54, 1.807) is 24.3 Å². The highest BCUT2D eigenvalue weighted by molar-refractivity contribution is 9.10. The van der Waals surface area contributed by atoms with E-state index in [0.29, 0.717) is 31.9 Å². The molecule has 0 fully saturated rings. The number of hydrogen-bond donors (Lipinski definition) is 1. The maximum Gasteiger partial charge on any atom is 0.240 e. The van der Waals surface area contributed by atoms with E-state index in [1.807, 2.05) is 25.5 Å². The van der Waals surface area contributed by atoms with Crippen LogP contribution in [0.4, 0.5) is 0 Å². The van der Waals surface area contributed by atoms with Crippen LogP contribution in [0.3, 0.4) is 0 Å². The summed E-state index contributed by atoms with van der Waals surface area (Å²) >= 11 is 3.48. The topological polar surface area (TPSA) is 73.2 Å². The Morgan fingerprint density at radius 1 is 1.25 bits per heavy atom. The Balaban J connectivity index is 1.89. The molecule has 0 spiro atoms. The van der Waals surface area contributed by atoms with Crippen molar-refractivity contribution >= 4 is 26.0 Å². The average Bonchev–Trinajstić information content (AvgIpc) is 2.80. The largest absolute Gasteiger partial charge is 0.494 e. The van der Waals surface area contributed by atoms with Crippen molar-refractivity contribution in [1.29, 1.82) is 0 Å². The Hall–Kier alpha value is -1.38. The second-order valence-electron chi connectivity index (χ2n) is 5.36. The van der Waals surface area contributed by atoms with Crippen LogP contribution in [-0.4, -0.2) is 31.3 Å². The Morgan fingerprint density at radius 3 is 2.46 bits per heavy atom. The summed E-state index contributed by atoms with van der Waals surface area (Å²) in [6.07, 6.45) is 0.657. The van der Waals surface area contributed by atoms with E-state index in [0.717, 1.165) is 15.9 Å². The van der Waals surface area contributed by atoms with Gasteiger partial charge in [-0.3, -0.25) is 4.68 Å². The number of rotatable bonds is 8. The van der Waals surface area contributed by atoms with Crippen molar-refractivity contribution in [2.75, 3.05) is 13.2 Å². The zero-order valence-electron chi connectivity index (χ0n) is 14.0. The minimum atomic E-state index is -3.50. The smallest absolute Gasteiger partial charge is 0.240 e. The minimum Gasteiger partial charge on any atom is -0.494 e. The number of hydrogen-bond acceptors (Lipinski definition) is 4. The summed E-state index contributed by atoms with van der Waals surface area (Å²) in [6, 6.07) is 6.41. The standard InChI is InChI=1S/C16H22BrN3O3S/c1-4-23-14-6-8-15(9-7-14)24(21,22)18-10-5-11-20-13(3)16(17)12(2)19-20/h6-9,18H,4-5,10-11H2,1-3H3. The second-order valence-corrected chi connectivity index (χ2v) is 7.92. The molecular formula is C16H22BrN3O3S. The molecular weight excluding hydrogens is 394 g/mol. The first kappa shape index (κ1) is 19.0. The zero-order valence-corrected chi connectivity index (χ0v) is 16.4. The van der Waals surface area contributed by atoms with Crippen LogP contribution in [-0.2, 0) is 16.6 Å². The molecule has 1 heterocycles. The van der Waals surface area contributed by atoms with E-state index in [4.69, 9.17) is 4.74 Å². The van der Waals surface area contributed by atoms with Crippen molar-refractivity contribution in [1.82, 2.24) is 14.5 Å². The van der Waals surface area contributed by atoms with E-state index in [-0.39, 0.29) is 4.90 Å². The van der Waals surface area contributed by atoms with Gasteiger partial charge in [-0.25, -0.2) is 13.1 Å². The maximum atomic E-state index is 12.3. The van der Waals surface area contributed by atoms with Crippen molar-refractivity contribution < 1.29 is 13.2 Å². The zero-order chi connectivity index (χ0) is 17.7. The number of aromatic nitrogens is 2. The highest BCUT2D eigenvalue weighted by Gasteiger charge is 2.14. The third-order valence-corrected chi connectivity index (χ3v) is 6.20. The molecule has 0 aliphatic heterocycles. The second kappa shape index (κ2) is 8.13. The van der Waals surface area contributed by atoms with Gasteiger partial charge >= 0.3 is 0 Å². The number of aryl methyl sites for hydroxylation is 2. The van der Waals surface area contributed by atoms with Gasteiger partial charge in [0.1, 0.15) is 5.75 Å². The predicted octanol–water partition coefficient (Wildman–Crippen LogP) is 3.03. The fraction of sp³-hybridized carbons (Fsp3) is 0.438. The molecule has 1 N–H and O–H groups in total. The van der Waals surface area contributed by atoms with E-state index in [2.05, 4.69) is 25.8 Å². The Kier molecular flexibility index (Phi) is 6.42. The number of ether oxygens (including phenoxy) is 1. The van der Waals surface area contributed by atoms with Crippen LogP contribution in [0.25, 0.3) is 0 Å². The molecule has 8 heteroatoms. The molecule has 0 aliphatic carbocycles. The number of halogens is 1. The fourth-order valence-electron chi connectivity index (χ4n) is 2.29. The van der Waals surface area contributed by atoms with Gasteiger partial charge in [0.2, 0.25) is 10.0 Å². The summed E-state index contributed by atoms with van der Waals surface area (Å²) in [6.45, 7) is 7.35.